The molecule has 0 saturated carbocycles. The van der Waals surface area contributed by atoms with E-state index in [1.165, 1.54) is 50.5 Å². The third-order valence-corrected chi connectivity index (χ3v) is 6.08. The van der Waals surface area contributed by atoms with Gasteiger partial charge < -0.3 is 28.4 Å². The zero-order valence-electron chi connectivity index (χ0n) is 24.2. The molecule has 0 amide bonds. The SMILES string of the molecule is CCCCCCCCCc1ccc(OCCOCCOCCOCCOCCOC(=O)CCCCC)cc1. The topological polar surface area (TPSA) is 72.5 Å². The molecule has 0 aliphatic heterocycles. The van der Waals surface area contributed by atoms with E-state index in [2.05, 4.69) is 38.1 Å². The average Bonchev–Trinajstić information content (AvgIpc) is 2.93. The quantitative estimate of drug-likeness (QED) is 0.0885. The van der Waals surface area contributed by atoms with Crippen molar-refractivity contribution in [1.29, 1.82) is 0 Å². The van der Waals surface area contributed by atoms with E-state index in [1.54, 1.807) is 0 Å². The molecular formula is C31H54O7. The van der Waals surface area contributed by atoms with Crippen molar-refractivity contribution in [2.45, 2.75) is 90.9 Å². The van der Waals surface area contributed by atoms with Crippen molar-refractivity contribution in [3.8, 4) is 5.75 Å². The van der Waals surface area contributed by atoms with E-state index < -0.39 is 0 Å². The highest BCUT2D eigenvalue weighted by Gasteiger charge is 2.02. The lowest BCUT2D eigenvalue weighted by molar-refractivity contribution is -0.145. The maximum Gasteiger partial charge on any atom is 0.305 e. The minimum Gasteiger partial charge on any atom is -0.491 e. The van der Waals surface area contributed by atoms with Crippen molar-refractivity contribution >= 4 is 5.97 Å². The van der Waals surface area contributed by atoms with Crippen LogP contribution in [0.4, 0.5) is 0 Å². The van der Waals surface area contributed by atoms with Gasteiger partial charge in [0.15, 0.2) is 0 Å². The minimum absolute atomic E-state index is 0.147. The van der Waals surface area contributed by atoms with Gasteiger partial charge in [0, 0.05) is 6.42 Å². The minimum atomic E-state index is -0.147. The predicted molar refractivity (Wildman–Crippen MR) is 152 cm³/mol. The van der Waals surface area contributed by atoms with Gasteiger partial charge >= 0.3 is 5.97 Å². The summed E-state index contributed by atoms with van der Waals surface area (Å²) in [5.41, 5.74) is 1.38. The van der Waals surface area contributed by atoms with E-state index in [0.717, 1.165) is 31.4 Å². The number of aryl methyl sites for hydroxylation is 1. The molecule has 0 bridgehead atoms. The second-order valence-electron chi connectivity index (χ2n) is 9.49. The third kappa shape index (κ3) is 22.3. The van der Waals surface area contributed by atoms with Crippen molar-refractivity contribution in [1.82, 2.24) is 0 Å². The Bertz CT molecular complexity index is 636. The lowest BCUT2D eigenvalue weighted by atomic mass is 10.0. The zero-order valence-corrected chi connectivity index (χ0v) is 24.2. The number of carbonyl (C=O) groups excluding carboxylic acids is 1. The Labute approximate surface area is 231 Å². The fourth-order valence-corrected chi connectivity index (χ4v) is 3.82. The van der Waals surface area contributed by atoms with Crippen LogP contribution in [0.5, 0.6) is 5.75 Å². The smallest absolute Gasteiger partial charge is 0.305 e. The van der Waals surface area contributed by atoms with Crippen LogP contribution in [0.2, 0.25) is 0 Å². The molecule has 0 heterocycles. The molecule has 1 aromatic rings. The average molecular weight is 539 g/mol. The summed E-state index contributed by atoms with van der Waals surface area (Å²) in [6.45, 7) is 9.15. The zero-order chi connectivity index (χ0) is 27.4. The summed E-state index contributed by atoms with van der Waals surface area (Å²) < 4.78 is 32.8. The molecule has 0 N–H and O–H groups in total. The second kappa shape index (κ2) is 26.9. The molecule has 0 aliphatic carbocycles. The van der Waals surface area contributed by atoms with Crippen LogP contribution in [-0.4, -0.2) is 72.0 Å². The molecule has 1 aromatic carbocycles. The Kier molecular flexibility index (Phi) is 24.3. The molecule has 0 spiro atoms. The van der Waals surface area contributed by atoms with Crippen LogP contribution < -0.4 is 4.74 Å². The molecule has 0 radical (unpaired) electrons. The van der Waals surface area contributed by atoms with Gasteiger partial charge in [0.2, 0.25) is 0 Å². The van der Waals surface area contributed by atoms with Gasteiger partial charge in [-0.25, -0.2) is 0 Å². The monoisotopic (exact) mass is 538 g/mol. The maximum absolute atomic E-state index is 11.4. The second-order valence-corrected chi connectivity index (χ2v) is 9.49. The molecular weight excluding hydrogens is 484 g/mol. The van der Waals surface area contributed by atoms with Crippen LogP contribution in [0.1, 0.15) is 90.0 Å². The van der Waals surface area contributed by atoms with Gasteiger partial charge in [-0.15, -0.1) is 0 Å². The highest BCUT2D eigenvalue weighted by Crippen LogP contribution is 2.15. The van der Waals surface area contributed by atoms with Crippen molar-refractivity contribution in [2.75, 3.05) is 66.1 Å². The number of carbonyl (C=O) groups is 1. The van der Waals surface area contributed by atoms with Gasteiger partial charge in [-0.2, -0.15) is 0 Å². The molecule has 7 heteroatoms. The van der Waals surface area contributed by atoms with E-state index in [0.29, 0.717) is 72.5 Å². The fourth-order valence-electron chi connectivity index (χ4n) is 3.82. The Morgan fingerprint density at radius 2 is 1.03 bits per heavy atom. The first kappa shape index (κ1) is 34.4. The molecule has 220 valence electrons. The maximum atomic E-state index is 11.4. The molecule has 38 heavy (non-hydrogen) atoms. The van der Waals surface area contributed by atoms with Crippen LogP contribution in [0.25, 0.3) is 0 Å². The molecule has 0 fully saturated rings. The van der Waals surface area contributed by atoms with E-state index in [9.17, 15) is 4.79 Å². The number of unbranched alkanes of at least 4 members (excludes halogenated alkanes) is 8. The number of rotatable bonds is 28. The largest absolute Gasteiger partial charge is 0.491 e. The van der Waals surface area contributed by atoms with Crippen LogP contribution in [-0.2, 0) is 34.9 Å². The lowest BCUT2D eigenvalue weighted by Crippen LogP contribution is -2.15. The standard InChI is InChI=1S/C31H54O7/c1-3-5-7-8-9-10-12-13-29-15-17-30(18-16-29)37-27-25-35-23-21-33-19-20-34-22-24-36-26-28-38-31(32)14-11-6-4-2/h15-18H,3-14,19-28H2,1-2H3. The molecule has 0 aliphatic rings. The first-order chi connectivity index (χ1) is 18.8. The predicted octanol–water partition coefficient (Wildman–Crippen LogP) is 6.55. The van der Waals surface area contributed by atoms with Gasteiger partial charge in [-0.05, 0) is 37.0 Å². The first-order valence-corrected chi connectivity index (χ1v) is 14.9. The van der Waals surface area contributed by atoms with Gasteiger partial charge in [0.25, 0.3) is 0 Å². The Morgan fingerprint density at radius 1 is 0.553 bits per heavy atom. The number of hydrogen-bond donors (Lipinski definition) is 0. The van der Waals surface area contributed by atoms with Crippen molar-refractivity contribution < 1.29 is 33.2 Å². The summed E-state index contributed by atoms with van der Waals surface area (Å²) in [7, 11) is 0. The van der Waals surface area contributed by atoms with Crippen molar-refractivity contribution in [3.63, 3.8) is 0 Å². The van der Waals surface area contributed by atoms with Crippen LogP contribution in [0, 0.1) is 0 Å². The number of benzene rings is 1. The third-order valence-electron chi connectivity index (χ3n) is 6.08. The summed E-state index contributed by atoms with van der Waals surface area (Å²) in [5.74, 6) is 0.739. The Morgan fingerprint density at radius 3 is 1.61 bits per heavy atom. The summed E-state index contributed by atoms with van der Waals surface area (Å²) in [6, 6.07) is 8.44. The molecule has 7 nitrogen and oxygen atoms in total. The number of ether oxygens (including phenoxy) is 6. The van der Waals surface area contributed by atoms with Crippen molar-refractivity contribution in [2.24, 2.45) is 0 Å². The fraction of sp³-hybridized carbons (Fsp3) is 0.774. The molecule has 0 unspecified atom stereocenters. The molecule has 0 aromatic heterocycles. The molecule has 1 rings (SSSR count). The van der Waals surface area contributed by atoms with E-state index in [-0.39, 0.29) is 5.97 Å². The van der Waals surface area contributed by atoms with E-state index >= 15 is 0 Å². The van der Waals surface area contributed by atoms with Crippen LogP contribution in [0.15, 0.2) is 24.3 Å². The Balaban J connectivity index is 1.81. The first-order valence-electron chi connectivity index (χ1n) is 14.9. The van der Waals surface area contributed by atoms with Gasteiger partial charge in [0.1, 0.15) is 19.0 Å². The normalized spacial score (nSPS) is 11.1. The van der Waals surface area contributed by atoms with Gasteiger partial charge in [-0.3, -0.25) is 4.79 Å². The molecule has 0 saturated heterocycles. The highest BCUT2D eigenvalue weighted by molar-refractivity contribution is 5.69. The summed E-state index contributed by atoms with van der Waals surface area (Å²) >= 11 is 0. The lowest BCUT2D eigenvalue weighted by Gasteiger charge is -2.09. The van der Waals surface area contributed by atoms with E-state index in [1.807, 2.05) is 0 Å². The highest BCUT2D eigenvalue weighted by atomic mass is 16.6. The Hall–Kier alpha value is -1.67. The summed E-state index contributed by atoms with van der Waals surface area (Å²) in [6.07, 6.45) is 14.1. The van der Waals surface area contributed by atoms with Crippen LogP contribution >= 0.6 is 0 Å². The van der Waals surface area contributed by atoms with Gasteiger partial charge in [-0.1, -0.05) is 77.3 Å². The van der Waals surface area contributed by atoms with Gasteiger partial charge in [0.05, 0.1) is 52.9 Å². The van der Waals surface area contributed by atoms with E-state index in [4.69, 9.17) is 28.4 Å². The number of esters is 1. The number of hydrogen-bond acceptors (Lipinski definition) is 7. The van der Waals surface area contributed by atoms with Crippen molar-refractivity contribution in [3.05, 3.63) is 29.8 Å². The summed E-state index contributed by atoms with van der Waals surface area (Å²) in [5, 5.41) is 0. The summed E-state index contributed by atoms with van der Waals surface area (Å²) in [4.78, 5) is 11.4. The molecule has 0 atom stereocenters. The van der Waals surface area contributed by atoms with Crippen LogP contribution in [0.3, 0.4) is 0 Å².